The van der Waals surface area contributed by atoms with Crippen molar-refractivity contribution in [2.75, 3.05) is 20.3 Å². The number of fused-ring (bicyclic) bond motifs is 1. The quantitative estimate of drug-likeness (QED) is 0.813. The van der Waals surface area contributed by atoms with Crippen molar-refractivity contribution < 1.29 is 14.2 Å². The lowest BCUT2D eigenvalue weighted by Gasteiger charge is -2.21. The molecule has 6 heteroatoms. The molecule has 1 aliphatic rings. The SMILES string of the molecule is COc1cc(C=C(C#N)c2nc(C)cs2)cc2c1OCCO2. The Morgan fingerprint density at radius 1 is 1.41 bits per heavy atom. The van der Waals surface area contributed by atoms with Crippen LogP contribution in [0.5, 0.6) is 17.2 Å². The predicted octanol–water partition coefficient (Wildman–Crippen LogP) is 3.30. The minimum Gasteiger partial charge on any atom is -0.493 e. The van der Waals surface area contributed by atoms with Crippen molar-refractivity contribution in [3.63, 3.8) is 0 Å². The topological polar surface area (TPSA) is 64.4 Å². The first kappa shape index (κ1) is 14.4. The number of allylic oxidation sites excluding steroid dienone is 1. The molecule has 1 aromatic heterocycles. The molecule has 0 N–H and O–H groups in total. The third-order valence-corrected chi connectivity index (χ3v) is 4.12. The molecule has 0 amide bonds. The largest absolute Gasteiger partial charge is 0.493 e. The molecule has 0 fully saturated rings. The van der Waals surface area contributed by atoms with Crippen molar-refractivity contribution in [1.82, 2.24) is 4.98 Å². The van der Waals surface area contributed by atoms with Gasteiger partial charge >= 0.3 is 0 Å². The molecule has 2 aromatic rings. The molecule has 0 unspecified atom stereocenters. The Bertz CT molecular complexity index is 757. The number of hydrogen-bond donors (Lipinski definition) is 0. The van der Waals surface area contributed by atoms with Gasteiger partial charge in [-0.25, -0.2) is 4.98 Å². The number of benzene rings is 1. The van der Waals surface area contributed by atoms with Crippen LogP contribution in [0, 0.1) is 18.3 Å². The van der Waals surface area contributed by atoms with Crippen molar-refractivity contribution in [3.8, 4) is 23.3 Å². The van der Waals surface area contributed by atoms with Crippen LogP contribution in [0.4, 0.5) is 0 Å². The third kappa shape index (κ3) is 2.76. The maximum atomic E-state index is 9.38. The monoisotopic (exact) mass is 314 g/mol. The normalized spacial score (nSPS) is 13.6. The van der Waals surface area contributed by atoms with Crippen molar-refractivity contribution in [2.24, 2.45) is 0 Å². The summed E-state index contributed by atoms with van der Waals surface area (Å²) >= 11 is 1.45. The van der Waals surface area contributed by atoms with Gasteiger partial charge in [0.2, 0.25) is 5.75 Å². The zero-order chi connectivity index (χ0) is 15.5. The summed E-state index contributed by atoms with van der Waals surface area (Å²) in [5, 5.41) is 12.0. The second-order valence-electron chi connectivity index (χ2n) is 4.71. The van der Waals surface area contributed by atoms with E-state index in [1.165, 1.54) is 11.3 Å². The molecule has 3 rings (SSSR count). The second-order valence-corrected chi connectivity index (χ2v) is 5.57. The summed E-state index contributed by atoms with van der Waals surface area (Å²) < 4.78 is 16.5. The van der Waals surface area contributed by atoms with Gasteiger partial charge in [-0.1, -0.05) is 0 Å². The van der Waals surface area contributed by atoms with Crippen LogP contribution in [0.15, 0.2) is 17.5 Å². The summed E-state index contributed by atoms with van der Waals surface area (Å²) in [5.41, 5.74) is 2.23. The maximum Gasteiger partial charge on any atom is 0.203 e. The molecule has 2 heterocycles. The van der Waals surface area contributed by atoms with Gasteiger partial charge < -0.3 is 14.2 Å². The highest BCUT2D eigenvalue weighted by atomic mass is 32.1. The lowest BCUT2D eigenvalue weighted by Crippen LogP contribution is -2.16. The van der Waals surface area contributed by atoms with Gasteiger partial charge in [0.05, 0.1) is 12.7 Å². The minimum atomic E-state index is 0.500. The Labute approximate surface area is 132 Å². The van der Waals surface area contributed by atoms with E-state index in [0.717, 1.165) is 11.3 Å². The molecule has 0 bridgehead atoms. The Kier molecular flexibility index (Phi) is 3.98. The molecule has 0 atom stereocenters. The average Bonchev–Trinajstić information content (AvgIpc) is 2.98. The van der Waals surface area contributed by atoms with E-state index in [1.807, 2.05) is 24.4 Å². The van der Waals surface area contributed by atoms with Crippen LogP contribution in [-0.4, -0.2) is 25.3 Å². The Morgan fingerprint density at radius 3 is 2.91 bits per heavy atom. The number of aryl methyl sites for hydroxylation is 1. The summed E-state index contributed by atoms with van der Waals surface area (Å²) in [5.74, 6) is 1.83. The highest BCUT2D eigenvalue weighted by molar-refractivity contribution is 7.11. The van der Waals surface area contributed by atoms with Crippen molar-refractivity contribution in [3.05, 3.63) is 33.8 Å². The Morgan fingerprint density at radius 2 is 2.23 bits per heavy atom. The van der Waals surface area contributed by atoms with E-state index in [1.54, 1.807) is 13.2 Å². The number of rotatable bonds is 3. The number of aromatic nitrogens is 1. The zero-order valence-corrected chi connectivity index (χ0v) is 13.1. The number of methoxy groups -OCH3 is 1. The first-order valence-electron chi connectivity index (χ1n) is 6.73. The molecule has 0 spiro atoms. The molecule has 5 nitrogen and oxygen atoms in total. The van der Waals surface area contributed by atoms with Gasteiger partial charge in [-0.05, 0) is 30.7 Å². The van der Waals surface area contributed by atoms with Crippen LogP contribution in [0.1, 0.15) is 16.3 Å². The smallest absolute Gasteiger partial charge is 0.203 e. The summed E-state index contributed by atoms with van der Waals surface area (Å²) in [6.45, 7) is 2.91. The molecule has 1 aromatic carbocycles. The van der Waals surface area contributed by atoms with E-state index in [4.69, 9.17) is 14.2 Å². The third-order valence-electron chi connectivity index (χ3n) is 3.13. The molecular formula is C16H14N2O3S. The fourth-order valence-corrected chi connectivity index (χ4v) is 2.93. The maximum absolute atomic E-state index is 9.38. The van der Waals surface area contributed by atoms with E-state index < -0.39 is 0 Å². The predicted molar refractivity (Wildman–Crippen MR) is 84.3 cm³/mol. The summed E-state index contributed by atoms with van der Waals surface area (Å²) in [6, 6.07) is 5.86. The highest BCUT2D eigenvalue weighted by Crippen LogP contribution is 2.41. The van der Waals surface area contributed by atoms with Crippen LogP contribution in [0.3, 0.4) is 0 Å². The lowest BCUT2D eigenvalue weighted by atomic mass is 10.1. The number of nitrogens with zero attached hydrogens (tertiary/aromatic N) is 2. The molecule has 1 aliphatic heterocycles. The van der Waals surface area contributed by atoms with Gasteiger partial charge in [0, 0.05) is 11.1 Å². The van der Waals surface area contributed by atoms with Crippen LogP contribution in [0.25, 0.3) is 11.6 Å². The molecule has 0 radical (unpaired) electrons. The van der Waals surface area contributed by atoms with E-state index in [2.05, 4.69) is 11.1 Å². The van der Waals surface area contributed by atoms with E-state index in [0.29, 0.717) is 41.0 Å². The van der Waals surface area contributed by atoms with E-state index in [-0.39, 0.29) is 0 Å². The second kappa shape index (κ2) is 6.08. The Hall–Kier alpha value is -2.52. The summed E-state index contributed by atoms with van der Waals surface area (Å²) in [7, 11) is 1.58. The molecule has 0 saturated heterocycles. The fourth-order valence-electron chi connectivity index (χ4n) is 2.16. The molecule has 22 heavy (non-hydrogen) atoms. The number of nitriles is 1. The molecular weight excluding hydrogens is 300 g/mol. The number of thiazole rings is 1. The van der Waals surface area contributed by atoms with Gasteiger partial charge in [-0.3, -0.25) is 0 Å². The van der Waals surface area contributed by atoms with Crippen LogP contribution in [0.2, 0.25) is 0 Å². The van der Waals surface area contributed by atoms with E-state index >= 15 is 0 Å². The van der Waals surface area contributed by atoms with Crippen molar-refractivity contribution in [1.29, 1.82) is 5.26 Å². The highest BCUT2D eigenvalue weighted by Gasteiger charge is 2.18. The minimum absolute atomic E-state index is 0.500. The van der Waals surface area contributed by atoms with Crippen LogP contribution < -0.4 is 14.2 Å². The first-order valence-corrected chi connectivity index (χ1v) is 7.61. The number of ether oxygens (including phenoxy) is 3. The van der Waals surface area contributed by atoms with Gasteiger partial charge in [-0.15, -0.1) is 11.3 Å². The van der Waals surface area contributed by atoms with Crippen molar-refractivity contribution >= 4 is 23.0 Å². The van der Waals surface area contributed by atoms with Crippen LogP contribution >= 0.6 is 11.3 Å². The first-order chi connectivity index (χ1) is 10.7. The molecule has 0 aliphatic carbocycles. The Balaban J connectivity index is 2.04. The lowest BCUT2D eigenvalue weighted by molar-refractivity contribution is 0.165. The zero-order valence-electron chi connectivity index (χ0n) is 12.3. The van der Waals surface area contributed by atoms with Gasteiger partial charge in [0.1, 0.15) is 24.3 Å². The van der Waals surface area contributed by atoms with Crippen molar-refractivity contribution in [2.45, 2.75) is 6.92 Å². The van der Waals surface area contributed by atoms with Crippen LogP contribution in [-0.2, 0) is 0 Å². The number of hydrogen-bond acceptors (Lipinski definition) is 6. The molecule has 0 saturated carbocycles. The fraction of sp³-hybridized carbons (Fsp3) is 0.250. The average molecular weight is 314 g/mol. The summed E-state index contributed by atoms with van der Waals surface area (Å²) in [6.07, 6.45) is 1.78. The van der Waals surface area contributed by atoms with E-state index in [9.17, 15) is 5.26 Å². The van der Waals surface area contributed by atoms with Gasteiger partial charge in [0.25, 0.3) is 0 Å². The van der Waals surface area contributed by atoms with Gasteiger partial charge in [0.15, 0.2) is 11.5 Å². The summed E-state index contributed by atoms with van der Waals surface area (Å²) in [4.78, 5) is 4.35. The molecule has 112 valence electrons. The standard InChI is InChI=1S/C16H14N2O3S/c1-10-9-22-16(18-10)12(8-17)5-11-6-13(19-2)15-14(7-11)20-3-4-21-15/h5-7,9H,3-4H2,1-2H3. The van der Waals surface area contributed by atoms with Gasteiger partial charge in [-0.2, -0.15) is 5.26 Å².